The maximum atomic E-state index is 12.1. The zero-order valence-corrected chi connectivity index (χ0v) is 13.4. The molecule has 0 saturated carbocycles. The number of carbonyl (C=O) groups excluding carboxylic acids is 1. The first kappa shape index (κ1) is 15.8. The zero-order chi connectivity index (χ0) is 15.2. The van der Waals surface area contributed by atoms with Gasteiger partial charge in [-0.25, -0.2) is 0 Å². The molecule has 1 unspecified atom stereocenters. The minimum atomic E-state index is 0.157. The Bertz CT molecular complexity index is 473. The number of benzene rings is 1. The van der Waals surface area contributed by atoms with E-state index in [1.54, 1.807) is 4.90 Å². The van der Waals surface area contributed by atoms with Crippen molar-refractivity contribution >= 4 is 11.6 Å². The summed E-state index contributed by atoms with van der Waals surface area (Å²) in [4.78, 5) is 15.9. The number of amides is 1. The van der Waals surface area contributed by atoms with E-state index in [9.17, 15) is 4.79 Å². The van der Waals surface area contributed by atoms with Crippen LogP contribution in [0.5, 0.6) is 0 Å². The lowest BCUT2D eigenvalue weighted by atomic mass is 10.0. The molecule has 0 spiro atoms. The Balaban J connectivity index is 2.22. The lowest BCUT2D eigenvalue weighted by Gasteiger charge is -2.26. The molecule has 1 amide bonds. The van der Waals surface area contributed by atoms with Crippen molar-refractivity contribution in [2.24, 2.45) is 0 Å². The number of anilines is 1. The van der Waals surface area contributed by atoms with E-state index in [0.717, 1.165) is 32.4 Å². The van der Waals surface area contributed by atoms with Gasteiger partial charge >= 0.3 is 0 Å². The molecule has 1 aromatic carbocycles. The molecule has 1 aromatic rings. The molecule has 4 nitrogen and oxygen atoms in total. The highest BCUT2D eigenvalue weighted by atomic mass is 16.2. The van der Waals surface area contributed by atoms with Crippen molar-refractivity contribution in [3.8, 4) is 0 Å². The lowest BCUT2D eigenvalue weighted by Crippen LogP contribution is -2.37. The van der Waals surface area contributed by atoms with Crippen LogP contribution in [-0.2, 0) is 4.79 Å². The maximum Gasteiger partial charge on any atom is 0.241 e. The average Bonchev–Trinajstić information content (AvgIpc) is 2.65. The van der Waals surface area contributed by atoms with Crippen LogP contribution in [-0.4, -0.2) is 44.5 Å². The Morgan fingerprint density at radius 1 is 1.38 bits per heavy atom. The smallest absolute Gasteiger partial charge is 0.241 e. The van der Waals surface area contributed by atoms with Crippen LogP contribution in [0.15, 0.2) is 24.3 Å². The van der Waals surface area contributed by atoms with Crippen LogP contribution >= 0.6 is 0 Å². The summed E-state index contributed by atoms with van der Waals surface area (Å²) in [7, 11) is 3.63. The van der Waals surface area contributed by atoms with Crippen molar-refractivity contribution in [2.45, 2.75) is 32.2 Å². The summed E-state index contributed by atoms with van der Waals surface area (Å²) in [5.41, 5.74) is 2.54. The molecule has 1 atom stereocenters. The number of fused-ring (bicyclic) bond motifs is 1. The number of nitrogens with zero attached hydrogens (tertiary/aromatic N) is 2. The summed E-state index contributed by atoms with van der Waals surface area (Å²) < 4.78 is 0. The SMILES string of the molecule is CCCNC1CCCN(CC(=O)N(C)C)c2ccccc21. The summed E-state index contributed by atoms with van der Waals surface area (Å²) in [5, 5.41) is 3.64. The summed E-state index contributed by atoms with van der Waals surface area (Å²) in [6.07, 6.45) is 3.38. The second-order valence-corrected chi connectivity index (χ2v) is 5.92. The Morgan fingerprint density at radius 2 is 2.14 bits per heavy atom. The largest absolute Gasteiger partial charge is 0.362 e. The topological polar surface area (TPSA) is 35.6 Å². The number of rotatable bonds is 5. The van der Waals surface area contributed by atoms with E-state index in [1.165, 1.54) is 11.3 Å². The molecular formula is C17H27N3O. The van der Waals surface area contributed by atoms with Gasteiger partial charge in [0.1, 0.15) is 0 Å². The molecule has 1 N–H and O–H groups in total. The van der Waals surface area contributed by atoms with Gasteiger partial charge in [-0.2, -0.15) is 0 Å². The van der Waals surface area contributed by atoms with Gasteiger partial charge in [0.05, 0.1) is 6.54 Å². The summed E-state index contributed by atoms with van der Waals surface area (Å²) in [6, 6.07) is 8.90. The standard InChI is InChI=1S/C17H27N3O/c1-4-11-18-15-9-7-12-20(13-17(21)19(2)3)16-10-6-5-8-14(15)16/h5-6,8,10,15,18H,4,7,9,11-13H2,1-3H3. The van der Waals surface area contributed by atoms with E-state index in [0.29, 0.717) is 12.6 Å². The second kappa shape index (κ2) is 7.46. The Kier molecular flexibility index (Phi) is 5.62. The van der Waals surface area contributed by atoms with Crippen LogP contribution in [0, 0.1) is 0 Å². The number of nitrogens with one attached hydrogen (secondary N) is 1. The van der Waals surface area contributed by atoms with E-state index in [-0.39, 0.29) is 5.91 Å². The van der Waals surface area contributed by atoms with E-state index in [4.69, 9.17) is 0 Å². The fourth-order valence-electron chi connectivity index (χ4n) is 2.83. The highest BCUT2D eigenvalue weighted by Crippen LogP contribution is 2.32. The number of hydrogen-bond donors (Lipinski definition) is 1. The van der Waals surface area contributed by atoms with Crippen LogP contribution in [0.3, 0.4) is 0 Å². The fourth-order valence-corrected chi connectivity index (χ4v) is 2.83. The molecule has 0 bridgehead atoms. The minimum absolute atomic E-state index is 0.157. The molecule has 1 aliphatic heterocycles. The van der Waals surface area contributed by atoms with Crippen molar-refractivity contribution in [3.63, 3.8) is 0 Å². The molecule has 4 heteroatoms. The Morgan fingerprint density at radius 3 is 2.86 bits per heavy atom. The fraction of sp³-hybridized carbons (Fsp3) is 0.588. The molecule has 0 aliphatic carbocycles. The van der Waals surface area contributed by atoms with Crippen LogP contribution in [0.1, 0.15) is 37.8 Å². The van der Waals surface area contributed by atoms with Gasteiger partial charge in [-0.1, -0.05) is 25.1 Å². The number of para-hydroxylation sites is 1. The monoisotopic (exact) mass is 289 g/mol. The van der Waals surface area contributed by atoms with Crippen LogP contribution in [0.2, 0.25) is 0 Å². The van der Waals surface area contributed by atoms with Crippen LogP contribution < -0.4 is 10.2 Å². The molecule has 116 valence electrons. The molecule has 21 heavy (non-hydrogen) atoms. The molecule has 0 fully saturated rings. The van der Waals surface area contributed by atoms with Crippen molar-refractivity contribution in [2.75, 3.05) is 38.6 Å². The van der Waals surface area contributed by atoms with E-state index in [2.05, 4.69) is 41.4 Å². The quantitative estimate of drug-likeness (QED) is 0.904. The van der Waals surface area contributed by atoms with Gasteiger partial charge in [0.25, 0.3) is 0 Å². The molecule has 0 radical (unpaired) electrons. The normalized spacial score (nSPS) is 18.0. The van der Waals surface area contributed by atoms with Gasteiger partial charge in [-0.3, -0.25) is 4.79 Å². The van der Waals surface area contributed by atoms with Gasteiger partial charge in [-0.15, -0.1) is 0 Å². The van der Waals surface area contributed by atoms with Gasteiger partial charge in [0, 0.05) is 32.4 Å². The van der Waals surface area contributed by atoms with E-state index in [1.807, 2.05) is 14.1 Å². The predicted octanol–water partition coefficient (Wildman–Crippen LogP) is 2.42. The van der Waals surface area contributed by atoms with Crippen molar-refractivity contribution in [1.29, 1.82) is 0 Å². The van der Waals surface area contributed by atoms with Crippen molar-refractivity contribution in [3.05, 3.63) is 29.8 Å². The number of hydrogen-bond acceptors (Lipinski definition) is 3. The maximum absolute atomic E-state index is 12.1. The number of carbonyl (C=O) groups is 1. The Labute approximate surface area is 128 Å². The van der Waals surface area contributed by atoms with Gasteiger partial charge in [0.2, 0.25) is 5.91 Å². The van der Waals surface area contributed by atoms with E-state index >= 15 is 0 Å². The van der Waals surface area contributed by atoms with Crippen molar-refractivity contribution < 1.29 is 4.79 Å². The average molecular weight is 289 g/mol. The number of likely N-dealkylation sites (N-methyl/N-ethyl adjacent to an activating group) is 1. The highest BCUT2D eigenvalue weighted by molar-refractivity contribution is 5.81. The molecule has 1 aliphatic rings. The van der Waals surface area contributed by atoms with E-state index < -0.39 is 0 Å². The predicted molar refractivity (Wildman–Crippen MR) is 87.6 cm³/mol. The lowest BCUT2D eigenvalue weighted by molar-refractivity contribution is -0.127. The third-order valence-electron chi connectivity index (χ3n) is 4.04. The molecular weight excluding hydrogens is 262 g/mol. The highest BCUT2D eigenvalue weighted by Gasteiger charge is 2.23. The van der Waals surface area contributed by atoms with Gasteiger partial charge < -0.3 is 15.1 Å². The van der Waals surface area contributed by atoms with Crippen molar-refractivity contribution in [1.82, 2.24) is 10.2 Å². The van der Waals surface area contributed by atoms with Crippen LogP contribution in [0.4, 0.5) is 5.69 Å². The first-order valence-electron chi connectivity index (χ1n) is 7.91. The molecule has 0 aromatic heterocycles. The zero-order valence-electron chi connectivity index (χ0n) is 13.4. The summed E-state index contributed by atoms with van der Waals surface area (Å²) >= 11 is 0. The first-order chi connectivity index (χ1) is 10.1. The summed E-state index contributed by atoms with van der Waals surface area (Å²) in [6.45, 7) is 4.64. The minimum Gasteiger partial charge on any atom is -0.362 e. The third-order valence-corrected chi connectivity index (χ3v) is 4.04. The molecule has 1 heterocycles. The van der Waals surface area contributed by atoms with Gasteiger partial charge in [0.15, 0.2) is 0 Å². The second-order valence-electron chi connectivity index (χ2n) is 5.92. The first-order valence-corrected chi connectivity index (χ1v) is 7.91. The van der Waals surface area contributed by atoms with Crippen LogP contribution in [0.25, 0.3) is 0 Å². The Hall–Kier alpha value is -1.55. The molecule has 0 saturated heterocycles. The summed E-state index contributed by atoms with van der Waals surface area (Å²) in [5.74, 6) is 0.157. The molecule has 2 rings (SSSR count). The third kappa shape index (κ3) is 3.97. The van der Waals surface area contributed by atoms with Gasteiger partial charge in [-0.05, 0) is 37.4 Å².